The second kappa shape index (κ2) is 4.63. The van der Waals surface area contributed by atoms with Gasteiger partial charge in [0.1, 0.15) is 0 Å². The number of piperidine rings is 1. The molecule has 1 N–H and O–H groups in total. The third-order valence-corrected chi connectivity index (χ3v) is 3.76. The second-order valence-corrected chi connectivity index (χ2v) is 5.10. The zero-order valence-corrected chi connectivity index (χ0v) is 9.63. The number of likely N-dealkylation sites (tertiary alicyclic amines) is 1. The van der Waals surface area contributed by atoms with Crippen molar-refractivity contribution in [1.29, 1.82) is 0 Å². The lowest BCUT2D eigenvalue weighted by Gasteiger charge is -2.39. The molecule has 2 unspecified atom stereocenters. The number of nitrogens with one attached hydrogen (secondary N) is 1. The molecule has 0 aromatic carbocycles. The highest BCUT2D eigenvalue weighted by Crippen LogP contribution is 2.22. The SMILES string of the molecule is CC1CCCC(C)N1CCNC1CC1. The lowest BCUT2D eigenvalue weighted by molar-refractivity contribution is 0.104. The molecule has 0 amide bonds. The molecule has 2 heteroatoms. The van der Waals surface area contributed by atoms with E-state index in [0.717, 1.165) is 18.1 Å². The minimum Gasteiger partial charge on any atom is -0.313 e. The summed E-state index contributed by atoms with van der Waals surface area (Å²) < 4.78 is 0. The van der Waals surface area contributed by atoms with Crippen molar-refractivity contribution in [3.63, 3.8) is 0 Å². The molecule has 2 atom stereocenters. The van der Waals surface area contributed by atoms with Crippen molar-refractivity contribution in [3.05, 3.63) is 0 Å². The van der Waals surface area contributed by atoms with Crippen LogP contribution in [-0.4, -0.2) is 36.1 Å². The van der Waals surface area contributed by atoms with Crippen molar-refractivity contribution in [2.75, 3.05) is 13.1 Å². The van der Waals surface area contributed by atoms with Gasteiger partial charge in [0.05, 0.1) is 0 Å². The molecule has 1 saturated heterocycles. The first kappa shape index (κ1) is 10.4. The van der Waals surface area contributed by atoms with Gasteiger partial charge in [0.15, 0.2) is 0 Å². The highest BCUT2D eigenvalue weighted by molar-refractivity contribution is 4.83. The van der Waals surface area contributed by atoms with Crippen LogP contribution in [0.4, 0.5) is 0 Å². The molecule has 0 aromatic heterocycles. The Balaban J connectivity index is 1.69. The van der Waals surface area contributed by atoms with E-state index in [9.17, 15) is 0 Å². The van der Waals surface area contributed by atoms with Gasteiger partial charge in [-0.1, -0.05) is 6.42 Å². The number of hydrogen-bond donors (Lipinski definition) is 1. The van der Waals surface area contributed by atoms with Gasteiger partial charge in [-0.15, -0.1) is 0 Å². The van der Waals surface area contributed by atoms with E-state index in [-0.39, 0.29) is 0 Å². The number of rotatable bonds is 4. The quantitative estimate of drug-likeness (QED) is 0.740. The van der Waals surface area contributed by atoms with Crippen LogP contribution in [0, 0.1) is 0 Å². The molecule has 2 aliphatic rings. The fourth-order valence-corrected chi connectivity index (χ4v) is 2.60. The summed E-state index contributed by atoms with van der Waals surface area (Å²) in [7, 11) is 0. The molecule has 1 saturated carbocycles. The minimum absolute atomic E-state index is 0.805. The molecule has 14 heavy (non-hydrogen) atoms. The summed E-state index contributed by atoms with van der Waals surface area (Å²) >= 11 is 0. The monoisotopic (exact) mass is 196 g/mol. The molecule has 2 nitrogen and oxygen atoms in total. The van der Waals surface area contributed by atoms with Crippen LogP contribution in [0.2, 0.25) is 0 Å². The summed E-state index contributed by atoms with van der Waals surface area (Å²) in [5, 5.41) is 3.60. The topological polar surface area (TPSA) is 15.3 Å². The van der Waals surface area contributed by atoms with Crippen molar-refractivity contribution >= 4 is 0 Å². The van der Waals surface area contributed by atoms with E-state index < -0.39 is 0 Å². The Morgan fingerprint density at radius 3 is 2.29 bits per heavy atom. The summed E-state index contributed by atoms with van der Waals surface area (Å²) in [6.45, 7) is 7.21. The first-order valence-corrected chi connectivity index (χ1v) is 6.26. The standard InChI is InChI=1S/C12H24N2/c1-10-4-3-5-11(2)14(10)9-8-13-12-6-7-12/h10-13H,3-9H2,1-2H3. The smallest absolute Gasteiger partial charge is 0.0113 e. The Kier molecular flexibility index (Phi) is 3.45. The number of hydrogen-bond acceptors (Lipinski definition) is 2. The van der Waals surface area contributed by atoms with Gasteiger partial charge in [-0.3, -0.25) is 4.90 Å². The third kappa shape index (κ3) is 2.71. The van der Waals surface area contributed by atoms with E-state index >= 15 is 0 Å². The van der Waals surface area contributed by atoms with Crippen molar-refractivity contribution < 1.29 is 0 Å². The van der Waals surface area contributed by atoms with E-state index in [1.165, 1.54) is 45.2 Å². The maximum atomic E-state index is 3.60. The van der Waals surface area contributed by atoms with E-state index in [1.807, 2.05) is 0 Å². The average molecular weight is 196 g/mol. The molecule has 2 fully saturated rings. The highest BCUT2D eigenvalue weighted by Gasteiger charge is 2.25. The first-order chi connectivity index (χ1) is 6.77. The predicted octanol–water partition coefficient (Wildman–Crippen LogP) is 2.00. The van der Waals surface area contributed by atoms with Crippen LogP contribution in [0.3, 0.4) is 0 Å². The zero-order chi connectivity index (χ0) is 9.97. The molecule has 1 aliphatic carbocycles. The summed E-state index contributed by atoms with van der Waals surface area (Å²) in [6, 6.07) is 2.48. The second-order valence-electron chi connectivity index (χ2n) is 5.10. The Bertz CT molecular complexity index is 167. The molecule has 0 bridgehead atoms. The fraction of sp³-hybridized carbons (Fsp3) is 1.00. The van der Waals surface area contributed by atoms with Gasteiger partial charge >= 0.3 is 0 Å². The summed E-state index contributed by atoms with van der Waals surface area (Å²) in [5.41, 5.74) is 0. The molecule has 1 heterocycles. The van der Waals surface area contributed by atoms with E-state index in [0.29, 0.717) is 0 Å². The lowest BCUT2D eigenvalue weighted by atomic mass is 9.98. The normalized spacial score (nSPS) is 34.7. The molecule has 0 spiro atoms. The minimum atomic E-state index is 0.805. The maximum absolute atomic E-state index is 3.60. The Labute approximate surface area is 88.1 Å². The summed E-state index contributed by atoms with van der Waals surface area (Å²) in [5.74, 6) is 0. The summed E-state index contributed by atoms with van der Waals surface area (Å²) in [4.78, 5) is 2.68. The van der Waals surface area contributed by atoms with Gasteiger partial charge in [0.2, 0.25) is 0 Å². The first-order valence-electron chi connectivity index (χ1n) is 6.26. The van der Waals surface area contributed by atoms with E-state index in [2.05, 4.69) is 24.1 Å². The van der Waals surface area contributed by atoms with Gasteiger partial charge in [-0.2, -0.15) is 0 Å². The summed E-state index contributed by atoms with van der Waals surface area (Å²) in [6.07, 6.45) is 7.03. The average Bonchev–Trinajstić information content (AvgIpc) is 2.94. The van der Waals surface area contributed by atoms with Crippen LogP contribution in [0.25, 0.3) is 0 Å². The van der Waals surface area contributed by atoms with E-state index in [1.54, 1.807) is 0 Å². The molecule has 2 rings (SSSR count). The predicted molar refractivity (Wildman–Crippen MR) is 60.5 cm³/mol. The van der Waals surface area contributed by atoms with E-state index in [4.69, 9.17) is 0 Å². The molecular weight excluding hydrogens is 172 g/mol. The fourth-order valence-electron chi connectivity index (χ4n) is 2.60. The molecule has 82 valence electrons. The Morgan fingerprint density at radius 1 is 1.07 bits per heavy atom. The van der Waals surface area contributed by atoms with Crippen LogP contribution in [0.1, 0.15) is 46.0 Å². The Hall–Kier alpha value is -0.0800. The Morgan fingerprint density at radius 2 is 1.71 bits per heavy atom. The van der Waals surface area contributed by atoms with Gasteiger partial charge < -0.3 is 5.32 Å². The highest BCUT2D eigenvalue weighted by atomic mass is 15.2. The van der Waals surface area contributed by atoms with Crippen molar-refractivity contribution in [2.24, 2.45) is 0 Å². The molecule has 1 aliphatic heterocycles. The molecule has 0 aromatic rings. The van der Waals surface area contributed by atoms with Gasteiger partial charge in [-0.05, 0) is 39.5 Å². The van der Waals surface area contributed by atoms with Gasteiger partial charge in [0.25, 0.3) is 0 Å². The lowest BCUT2D eigenvalue weighted by Crippen LogP contribution is -2.46. The van der Waals surface area contributed by atoms with Crippen LogP contribution >= 0.6 is 0 Å². The molecular formula is C12H24N2. The van der Waals surface area contributed by atoms with Crippen LogP contribution < -0.4 is 5.32 Å². The van der Waals surface area contributed by atoms with Crippen LogP contribution in [0.5, 0.6) is 0 Å². The van der Waals surface area contributed by atoms with Crippen molar-refractivity contribution in [1.82, 2.24) is 10.2 Å². The van der Waals surface area contributed by atoms with Crippen LogP contribution in [0.15, 0.2) is 0 Å². The maximum Gasteiger partial charge on any atom is 0.0113 e. The van der Waals surface area contributed by atoms with Gasteiger partial charge in [-0.25, -0.2) is 0 Å². The van der Waals surface area contributed by atoms with Crippen molar-refractivity contribution in [2.45, 2.75) is 64.1 Å². The van der Waals surface area contributed by atoms with Gasteiger partial charge in [0, 0.05) is 31.2 Å². The van der Waals surface area contributed by atoms with Crippen molar-refractivity contribution in [3.8, 4) is 0 Å². The third-order valence-electron chi connectivity index (χ3n) is 3.76. The number of nitrogens with zero attached hydrogens (tertiary/aromatic N) is 1. The largest absolute Gasteiger partial charge is 0.313 e. The molecule has 0 radical (unpaired) electrons. The van der Waals surface area contributed by atoms with Crippen LogP contribution in [-0.2, 0) is 0 Å². The zero-order valence-electron chi connectivity index (χ0n) is 9.63.